The zero-order valence-electron chi connectivity index (χ0n) is 8.99. The molecule has 0 heterocycles. The summed E-state index contributed by atoms with van der Waals surface area (Å²) in [4.78, 5) is 0. The van der Waals surface area contributed by atoms with Gasteiger partial charge in [-0.05, 0) is 76.1 Å². The Hall–Kier alpha value is -1.58. The van der Waals surface area contributed by atoms with Crippen LogP contribution in [0, 0.1) is 54.8 Å². The fourth-order valence-electron chi connectivity index (χ4n) is 0.970. The van der Waals surface area contributed by atoms with E-state index in [0.717, 1.165) is 20.1 Å². The highest BCUT2D eigenvalue weighted by Gasteiger charge is 2.00. The first-order valence-corrected chi connectivity index (χ1v) is 6.16. The highest BCUT2D eigenvalue weighted by molar-refractivity contribution is 9.11. The first-order valence-electron chi connectivity index (χ1n) is 4.57. The molecular weight excluding hydrogens is 340 g/mol. The second-order valence-corrected chi connectivity index (χ2v) is 4.68. The van der Waals surface area contributed by atoms with E-state index in [1.165, 1.54) is 0 Å². The fourth-order valence-corrected chi connectivity index (χ4v) is 1.87. The molecule has 0 aliphatic carbocycles. The maximum absolute atomic E-state index is 4.95. The molecule has 0 aromatic heterocycles. The Morgan fingerprint density at radius 1 is 0.941 bits per heavy atom. The van der Waals surface area contributed by atoms with Gasteiger partial charge < -0.3 is 0 Å². The van der Waals surface area contributed by atoms with E-state index in [1.807, 2.05) is 19.1 Å². The number of hydrogen-bond acceptors (Lipinski definition) is 0. The van der Waals surface area contributed by atoms with E-state index in [2.05, 4.69) is 73.3 Å². The van der Waals surface area contributed by atoms with Crippen molar-refractivity contribution in [3.8, 4) is 47.9 Å². The third-order valence-electron chi connectivity index (χ3n) is 1.77. The lowest BCUT2D eigenvalue weighted by atomic mass is 10.1. The largest absolute Gasteiger partial charge is 0.106 e. The second-order valence-electron chi connectivity index (χ2n) is 2.98. The van der Waals surface area contributed by atoms with Gasteiger partial charge in [0.2, 0.25) is 0 Å². The van der Waals surface area contributed by atoms with Gasteiger partial charge in [0.15, 0.2) is 0 Å². The summed E-state index contributed by atoms with van der Waals surface area (Å²) in [6.45, 7) is 2.02. The molecule has 0 spiro atoms. The minimum atomic E-state index is 0.877. The van der Waals surface area contributed by atoms with Gasteiger partial charge in [0.05, 0.1) is 0 Å². The van der Waals surface area contributed by atoms with Crippen molar-refractivity contribution in [3.05, 3.63) is 32.2 Å². The maximum Gasteiger partial charge on any atom is 0.0409 e. The maximum atomic E-state index is 4.95. The third-order valence-corrected chi connectivity index (χ3v) is 3.28. The molecule has 1 aromatic rings. The molecule has 0 radical (unpaired) electrons. The minimum absolute atomic E-state index is 0.877. The number of benzene rings is 1. The topological polar surface area (TPSA) is 0 Å². The zero-order chi connectivity index (χ0) is 12.7. The number of halogens is 2. The van der Waals surface area contributed by atoms with Gasteiger partial charge in [0.25, 0.3) is 0 Å². The Labute approximate surface area is 118 Å². The summed E-state index contributed by atoms with van der Waals surface area (Å²) < 4.78 is 1.97. The van der Waals surface area contributed by atoms with Crippen LogP contribution in [0.1, 0.15) is 11.1 Å². The van der Waals surface area contributed by atoms with Crippen LogP contribution in [-0.2, 0) is 0 Å². The van der Waals surface area contributed by atoms with Crippen molar-refractivity contribution in [2.75, 3.05) is 0 Å². The monoisotopic (exact) mass is 344 g/mol. The highest BCUT2D eigenvalue weighted by Crippen LogP contribution is 2.24. The van der Waals surface area contributed by atoms with Crippen LogP contribution in [0.3, 0.4) is 0 Å². The number of aryl methyl sites for hydroxylation is 1. The van der Waals surface area contributed by atoms with E-state index in [9.17, 15) is 0 Å². The van der Waals surface area contributed by atoms with E-state index in [4.69, 9.17) is 6.42 Å². The predicted octanol–water partition coefficient (Wildman–Crippen LogP) is 3.51. The molecule has 0 fully saturated rings. The molecule has 0 aliphatic rings. The average Bonchev–Trinajstić information content (AvgIpc) is 2.30. The lowest BCUT2D eigenvalue weighted by molar-refractivity contribution is 1.40. The fraction of sp³-hybridized carbons (Fsp3) is 0.0667. The molecule has 0 saturated heterocycles. The van der Waals surface area contributed by atoms with E-state index in [0.29, 0.717) is 0 Å². The van der Waals surface area contributed by atoms with Crippen molar-refractivity contribution in [1.29, 1.82) is 0 Å². The summed E-state index contributed by atoms with van der Waals surface area (Å²) in [5.41, 5.74) is 2.02. The molecule has 80 valence electrons. The van der Waals surface area contributed by atoms with Crippen LogP contribution in [0.15, 0.2) is 21.1 Å². The van der Waals surface area contributed by atoms with Gasteiger partial charge in [-0.2, -0.15) is 0 Å². The molecule has 0 aliphatic heterocycles. The number of terminal acetylenes is 1. The van der Waals surface area contributed by atoms with Crippen LogP contribution in [0.4, 0.5) is 0 Å². The Kier molecular flexibility index (Phi) is 5.46. The summed E-state index contributed by atoms with van der Waals surface area (Å²) in [6, 6.07) is 3.95. The van der Waals surface area contributed by atoms with Gasteiger partial charge >= 0.3 is 0 Å². The van der Waals surface area contributed by atoms with Gasteiger partial charge in [0, 0.05) is 14.5 Å². The highest BCUT2D eigenvalue weighted by atomic mass is 79.9. The lowest BCUT2D eigenvalue weighted by Crippen LogP contribution is -1.82. The van der Waals surface area contributed by atoms with Crippen molar-refractivity contribution in [1.82, 2.24) is 0 Å². The van der Waals surface area contributed by atoms with E-state index in [1.54, 1.807) is 0 Å². The number of hydrogen-bond donors (Lipinski definition) is 0. The van der Waals surface area contributed by atoms with E-state index < -0.39 is 0 Å². The van der Waals surface area contributed by atoms with Crippen LogP contribution < -0.4 is 0 Å². The van der Waals surface area contributed by atoms with Gasteiger partial charge in [-0.3, -0.25) is 0 Å². The molecule has 0 unspecified atom stereocenters. The molecule has 0 bridgehead atoms. The van der Waals surface area contributed by atoms with Crippen LogP contribution in [0.2, 0.25) is 0 Å². The lowest BCUT2D eigenvalue weighted by Gasteiger charge is -2.01. The third kappa shape index (κ3) is 4.43. The van der Waals surface area contributed by atoms with Crippen molar-refractivity contribution in [2.24, 2.45) is 0 Å². The van der Waals surface area contributed by atoms with Gasteiger partial charge in [-0.25, -0.2) is 0 Å². The average molecular weight is 346 g/mol. The summed E-state index contributed by atoms with van der Waals surface area (Å²) >= 11 is 6.90. The van der Waals surface area contributed by atoms with Crippen LogP contribution in [0.5, 0.6) is 0 Å². The van der Waals surface area contributed by atoms with Crippen LogP contribution >= 0.6 is 31.9 Å². The van der Waals surface area contributed by atoms with Gasteiger partial charge in [-0.1, -0.05) is 21.9 Å². The Morgan fingerprint density at radius 2 is 1.59 bits per heavy atom. The van der Waals surface area contributed by atoms with Crippen molar-refractivity contribution in [2.45, 2.75) is 6.92 Å². The summed E-state index contributed by atoms with van der Waals surface area (Å²) in [5.74, 6) is 17.9. The molecule has 0 N–H and O–H groups in total. The molecule has 2 heteroatoms. The molecule has 1 rings (SSSR count). The van der Waals surface area contributed by atoms with Crippen molar-refractivity contribution in [3.63, 3.8) is 0 Å². The van der Waals surface area contributed by atoms with E-state index in [-0.39, 0.29) is 0 Å². The number of rotatable bonds is 0. The molecule has 0 atom stereocenters. The first-order chi connectivity index (χ1) is 8.15. The van der Waals surface area contributed by atoms with Crippen LogP contribution in [-0.4, -0.2) is 0 Å². The first kappa shape index (κ1) is 13.5. The minimum Gasteiger partial charge on any atom is -0.106 e. The molecule has 17 heavy (non-hydrogen) atoms. The molecule has 1 aromatic carbocycles. The molecule has 0 saturated carbocycles. The Bertz CT molecular complexity index is 657. The summed E-state index contributed by atoms with van der Waals surface area (Å²) in [7, 11) is 0. The van der Waals surface area contributed by atoms with Gasteiger partial charge in [0.1, 0.15) is 0 Å². The molecule has 0 amide bonds. The summed E-state index contributed by atoms with van der Waals surface area (Å²) in [6.07, 6.45) is 4.95. The second kappa shape index (κ2) is 6.89. The summed E-state index contributed by atoms with van der Waals surface area (Å²) in [5, 5.41) is 0. The van der Waals surface area contributed by atoms with Gasteiger partial charge in [-0.15, -0.1) is 6.42 Å². The van der Waals surface area contributed by atoms with Crippen molar-refractivity contribution >= 4 is 31.9 Å². The smallest absolute Gasteiger partial charge is 0.0409 e. The molecule has 0 nitrogen and oxygen atoms in total. The van der Waals surface area contributed by atoms with E-state index >= 15 is 0 Å². The Morgan fingerprint density at radius 3 is 2.29 bits per heavy atom. The molecular formula is C15H6Br2. The quantitative estimate of drug-likeness (QED) is 0.631. The predicted molar refractivity (Wildman–Crippen MR) is 77.8 cm³/mol. The zero-order valence-corrected chi connectivity index (χ0v) is 12.2. The standard InChI is InChI=1S/C15H6Br2/c1-3-4-5-6-7-8-9-13-11-14(16)12(2)10-15(13)17/h1,10-11H,2H3. The Balaban J connectivity index is 2.97. The SMILES string of the molecule is C#CC#CC#CC#Cc1cc(Br)c(C)cc1Br. The van der Waals surface area contributed by atoms with Crippen molar-refractivity contribution < 1.29 is 0 Å². The van der Waals surface area contributed by atoms with Crippen LogP contribution in [0.25, 0.3) is 0 Å². The normalized spacial score (nSPS) is 7.41.